The number of hydrogen-bond donors (Lipinski definition) is 1. The van der Waals surface area contributed by atoms with Crippen molar-refractivity contribution in [3.8, 4) is 0 Å². The van der Waals surface area contributed by atoms with Crippen LogP contribution in [-0.4, -0.2) is 12.5 Å². The molecule has 0 aromatic heterocycles. The van der Waals surface area contributed by atoms with Gasteiger partial charge >= 0.3 is 0 Å². The molecule has 0 heterocycles. The lowest BCUT2D eigenvalue weighted by Crippen LogP contribution is -2.10. The first-order chi connectivity index (χ1) is 7.74. The van der Waals surface area contributed by atoms with Crippen molar-refractivity contribution >= 4 is 12.0 Å². The van der Waals surface area contributed by atoms with Crippen molar-refractivity contribution in [2.24, 2.45) is 10.8 Å². The molecule has 16 heavy (non-hydrogen) atoms. The summed E-state index contributed by atoms with van der Waals surface area (Å²) in [4.78, 5) is 13.5. The van der Waals surface area contributed by atoms with E-state index in [1.54, 1.807) is 12.1 Å². The lowest BCUT2D eigenvalue weighted by Gasteiger charge is -1.96. The second kappa shape index (κ2) is 6.27. The molecule has 1 amide bonds. The summed E-state index contributed by atoms with van der Waals surface area (Å²) in [5.74, 6) is -0.432. The van der Waals surface area contributed by atoms with Crippen LogP contribution in [0.25, 0.3) is 16.5 Å². The summed E-state index contributed by atoms with van der Waals surface area (Å²) in [6.45, 7) is 0.451. The topological polar surface area (TPSA) is 91.8 Å². The summed E-state index contributed by atoms with van der Waals surface area (Å²) in [5, 5.41) is 3.41. The van der Waals surface area contributed by atoms with Crippen LogP contribution in [0.4, 0.5) is 0 Å². The Morgan fingerprint density at radius 3 is 2.69 bits per heavy atom. The summed E-state index contributed by atoms with van der Waals surface area (Å²) < 4.78 is 0. The molecular formula is C11H12N4O. The van der Waals surface area contributed by atoms with Crippen molar-refractivity contribution in [2.45, 2.75) is 6.42 Å². The van der Waals surface area contributed by atoms with E-state index in [2.05, 4.69) is 10.0 Å². The normalized spacial score (nSPS) is 10.0. The van der Waals surface area contributed by atoms with Gasteiger partial charge in [0.1, 0.15) is 0 Å². The Morgan fingerprint density at radius 1 is 1.44 bits per heavy atom. The molecule has 0 saturated carbocycles. The van der Waals surface area contributed by atoms with E-state index in [-0.39, 0.29) is 0 Å². The maximum atomic E-state index is 10.8. The Kier molecular flexibility index (Phi) is 4.63. The third-order valence-corrected chi connectivity index (χ3v) is 1.96. The maximum absolute atomic E-state index is 10.8. The van der Waals surface area contributed by atoms with E-state index in [1.165, 1.54) is 0 Å². The van der Waals surface area contributed by atoms with Gasteiger partial charge in [0.15, 0.2) is 0 Å². The van der Waals surface area contributed by atoms with Crippen molar-refractivity contribution in [2.75, 3.05) is 6.54 Å². The SMILES string of the molecule is [N-]=[N+]=NCCC=Cc1ccc(C(N)=O)cc1. The van der Waals surface area contributed by atoms with E-state index < -0.39 is 5.91 Å². The highest BCUT2D eigenvalue weighted by Crippen LogP contribution is 2.06. The maximum Gasteiger partial charge on any atom is 0.248 e. The van der Waals surface area contributed by atoms with Crippen molar-refractivity contribution < 1.29 is 4.79 Å². The number of hydrogen-bond acceptors (Lipinski definition) is 2. The molecule has 0 fully saturated rings. The van der Waals surface area contributed by atoms with Crippen LogP contribution in [0, 0.1) is 0 Å². The second-order valence-corrected chi connectivity index (χ2v) is 3.13. The van der Waals surface area contributed by atoms with Crippen LogP contribution in [0.2, 0.25) is 0 Å². The Balaban J connectivity index is 2.54. The van der Waals surface area contributed by atoms with E-state index in [9.17, 15) is 4.79 Å². The zero-order valence-corrected chi connectivity index (χ0v) is 8.71. The number of carbonyl (C=O) groups excluding carboxylic acids is 1. The molecule has 1 rings (SSSR count). The molecule has 5 nitrogen and oxygen atoms in total. The quantitative estimate of drug-likeness (QED) is 0.348. The van der Waals surface area contributed by atoms with Gasteiger partial charge in [0.05, 0.1) is 0 Å². The number of azide groups is 1. The zero-order valence-electron chi connectivity index (χ0n) is 8.71. The Labute approximate surface area is 93.2 Å². The Bertz CT molecular complexity index is 430. The van der Waals surface area contributed by atoms with Crippen LogP contribution in [0.15, 0.2) is 35.5 Å². The van der Waals surface area contributed by atoms with Gasteiger partial charge in [0.2, 0.25) is 5.91 Å². The van der Waals surface area contributed by atoms with Crippen LogP contribution in [0.5, 0.6) is 0 Å². The predicted octanol–water partition coefficient (Wildman–Crippen LogP) is 2.50. The van der Waals surface area contributed by atoms with Crippen LogP contribution < -0.4 is 5.73 Å². The van der Waals surface area contributed by atoms with Gasteiger partial charge in [0.25, 0.3) is 0 Å². The molecular weight excluding hydrogens is 204 g/mol. The number of nitrogens with zero attached hydrogens (tertiary/aromatic N) is 3. The third kappa shape index (κ3) is 3.86. The molecule has 0 radical (unpaired) electrons. The molecule has 0 spiro atoms. The average molecular weight is 216 g/mol. The highest BCUT2D eigenvalue weighted by atomic mass is 16.1. The standard InChI is InChI=1S/C11H12N4O/c12-11(16)10-6-4-9(5-7-10)3-1-2-8-14-15-13/h1,3-7H,2,8H2,(H2,12,16). The molecule has 0 saturated heterocycles. The molecule has 0 aliphatic heterocycles. The molecule has 0 bridgehead atoms. The number of rotatable bonds is 5. The van der Waals surface area contributed by atoms with Crippen LogP contribution in [0.1, 0.15) is 22.3 Å². The third-order valence-electron chi connectivity index (χ3n) is 1.96. The van der Waals surface area contributed by atoms with E-state index in [4.69, 9.17) is 11.3 Å². The fourth-order valence-corrected chi connectivity index (χ4v) is 1.15. The number of nitrogens with two attached hydrogens (primary N) is 1. The molecule has 2 N–H and O–H groups in total. The molecule has 0 unspecified atom stereocenters. The lowest BCUT2D eigenvalue weighted by molar-refractivity contribution is 0.100. The summed E-state index contributed by atoms with van der Waals surface area (Å²) in [7, 11) is 0. The van der Waals surface area contributed by atoms with Crippen molar-refractivity contribution in [3.05, 3.63) is 51.9 Å². The summed E-state index contributed by atoms with van der Waals surface area (Å²) in [6, 6.07) is 6.97. The number of benzene rings is 1. The van der Waals surface area contributed by atoms with Gasteiger partial charge in [0, 0.05) is 17.0 Å². The molecule has 0 aliphatic rings. The van der Waals surface area contributed by atoms with Gasteiger partial charge in [-0.2, -0.15) is 0 Å². The summed E-state index contributed by atoms with van der Waals surface area (Å²) >= 11 is 0. The minimum Gasteiger partial charge on any atom is -0.366 e. The van der Waals surface area contributed by atoms with Crippen LogP contribution >= 0.6 is 0 Å². The van der Waals surface area contributed by atoms with E-state index in [0.717, 1.165) is 5.56 Å². The van der Waals surface area contributed by atoms with Crippen LogP contribution in [-0.2, 0) is 0 Å². The first-order valence-electron chi connectivity index (χ1n) is 4.81. The highest BCUT2D eigenvalue weighted by Gasteiger charge is 1.97. The number of amides is 1. The monoisotopic (exact) mass is 216 g/mol. The van der Waals surface area contributed by atoms with Gasteiger partial charge in [-0.05, 0) is 29.6 Å². The predicted molar refractivity (Wildman–Crippen MR) is 62.6 cm³/mol. The van der Waals surface area contributed by atoms with E-state index in [1.807, 2.05) is 24.3 Å². The molecule has 1 aromatic carbocycles. The smallest absolute Gasteiger partial charge is 0.248 e. The fourth-order valence-electron chi connectivity index (χ4n) is 1.15. The molecule has 1 aromatic rings. The average Bonchev–Trinajstić information content (AvgIpc) is 2.29. The Hall–Kier alpha value is -2.26. The van der Waals surface area contributed by atoms with E-state index in [0.29, 0.717) is 18.5 Å². The van der Waals surface area contributed by atoms with Crippen molar-refractivity contribution in [1.82, 2.24) is 0 Å². The molecule has 5 heteroatoms. The van der Waals surface area contributed by atoms with Gasteiger partial charge in [-0.1, -0.05) is 29.4 Å². The lowest BCUT2D eigenvalue weighted by atomic mass is 10.1. The minimum absolute atomic E-state index is 0.432. The largest absolute Gasteiger partial charge is 0.366 e. The first kappa shape index (κ1) is 11.8. The zero-order chi connectivity index (χ0) is 11.8. The Morgan fingerprint density at radius 2 is 2.12 bits per heavy atom. The van der Waals surface area contributed by atoms with Gasteiger partial charge in [-0.25, -0.2) is 0 Å². The summed E-state index contributed by atoms with van der Waals surface area (Å²) in [5.41, 5.74) is 14.6. The highest BCUT2D eigenvalue weighted by molar-refractivity contribution is 5.92. The second-order valence-electron chi connectivity index (χ2n) is 3.13. The number of primary amides is 1. The fraction of sp³-hybridized carbons (Fsp3) is 0.182. The number of carbonyl (C=O) groups is 1. The van der Waals surface area contributed by atoms with E-state index >= 15 is 0 Å². The van der Waals surface area contributed by atoms with Gasteiger partial charge in [-0.15, -0.1) is 0 Å². The van der Waals surface area contributed by atoms with Crippen molar-refractivity contribution in [1.29, 1.82) is 0 Å². The molecule has 0 aliphatic carbocycles. The van der Waals surface area contributed by atoms with Gasteiger partial charge in [-0.3, -0.25) is 4.79 Å². The summed E-state index contributed by atoms with van der Waals surface area (Å²) in [6.07, 6.45) is 4.51. The van der Waals surface area contributed by atoms with Crippen LogP contribution in [0.3, 0.4) is 0 Å². The van der Waals surface area contributed by atoms with Gasteiger partial charge < -0.3 is 5.73 Å². The molecule has 0 atom stereocenters. The first-order valence-corrected chi connectivity index (χ1v) is 4.81. The minimum atomic E-state index is -0.432. The van der Waals surface area contributed by atoms with Crippen molar-refractivity contribution in [3.63, 3.8) is 0 Å². The molecule has 82 valence electrons.